The van der Waals surface area contributed by atoms with Gasteiger partial charge in [0.2, 0.25) is 0 Å². The van der Waals surface area contributed by atoms with Gasteiger partial charge in [-0.15, -0.1) is 0 Å². The van der Waals surface area contributed by atoms with Crippen molar-refractivity contribution >= 4 is 22.2 Å². The Morgan fingerprint density at radius 2 is 2.45 bits per heavy atom. The number of aromatic nitrogens is 1. The number of hydrogen-bond acceptors (Lipinski definition) is 3. The number of hydrogen-bond donors (Lipinski definition) is 0. The van der Waals surface area contributed by atoms with Crippen LogP contribution in [-0.2, 0) is 0 Å². The molecule has 0 aromatic carbocycles. The predicted molar refractivity (Wildman–Crippen MR) is 43.9 cm³/mol. The Bertz CT molecular complexity index is 275. The zero-order chi connectivity index (χ0) is 8.27. The maximum Gasteiger partial charge on any atom is 0.156 e. The summed E-state index contributed by atoms with van der Waals surface area (Å²) < 4.78 is 5.42. The van der Waals surface area contributed by atoms with Crippen molar-refractivity contribution < 1.29 is 9.53 Å². The van der Waals surface area contributed by atoms with Gasteiger partial charge in [0.1, 0.15) is 10.4 Å². The van der Waals surface area contributed by atoms with Crippen LogP contribution in [0, 0.1) is 0 Å². The van der Waals surface area contributed by atoms with Gasteiger partial charge >= 0.3 is 0 Å². The number of aldehydes is 1. The van der Waals surface area contributed by atoms with Crippen LogP contribution in [0.5, 0.6) is 5.75 Å². The molecule has 58 valence electrons. The van der Waals surface area contributed by atoms with E-state index in [0.717, 1.165) is 0 Å². The largest absolute Gasteiger partial charge is 0.496 e. The van der Waals surface area contributed by atoms with E-state index < -0.39 is 0 Å². The SMILES string of the molecule is COc1ccnc(Br)c1C=O. The average molecular weight is 216 g/mol. The van der Waals surface area contributed by atoms with Crippen molar-refractivity contribution in [2.75, 3.05) is 7.11 Å². The number of carbonyl (C=O) groups excluding carboxylic acids is 1. The molecular formula is C7H6BrNO2. The van der Waals surface area contributed by atoms with Crippen molar-refractivity contribution in [3.8, 4) is 5.75 Å². The van der Waals surface area contributed by atoms with Gasteiger partial charge in [-0.1, -0.05) is 0 Å². The summed E-state index contributed by atoms with van der Waals surface area (Å²) in [5.41, 5.74) is 0.440. The molecule has 0 aliphatic heterocycles. The van der Waals surface area contributed by atoms with Crippen LogP contribution in [0.15, 0.2) is 16.9 Å². The van der Waals surface area contributed by atoms with Gasteiger partial charge in [-0.25, -0.2) is 4.98 Å². The molecule has 1 aromatic heterocycles. The highest BCUT2D eigenvalue weighted by Gasteiger charge is 2.05. The van der Waals surface area contributed by atoms with Crippen molar-refractivity contribution in [1.82, 2.24) is 4.98 Å². The van der Waals surface area contributed by atoms with E-state index in [4.69, 9.17) is 4.74 Å². The van der Waals surface area contributed by atoms with Gasteiger partial charge in [-0.05, 0) is 22.0 Å². The molecule has 3 nitrogen and oxygen atoms in total. The summed E-state index contributed by atoms with van der Waals surface area (Å²) in [6.45, 7) is 0. The minimum atomic E-state index is 0.440. The molecule has 0 N–H and O–H groups in total. The van der Waals surface area contributed by atoms with Crippen LogP contribution in [0.4, 0.5) is 0 Å². The molecule has 11 heavy (non-hydrogen) atoms. The monoisotopic (exact) mass is 215 g/mol. The van der Waals surface area contributed by atoms with Gasteiger partial charge in [0.15, 0.2) is 6.29 Å². The molecule has 0 amide bonds. The second-order valence-corrected chi connectivity index (χ2v) is 2.59. The maximum absolute atomic E-state index is 10.5. The van der Waals surface area contributed by atoms with Crippen LogP contribution in [0.1, 0.15) is 10.4 Å². The lowest BCUT2D eigenvalue weighted by Gasteiger charge is -2.02. The summed E-state index contributed by atoms with van der Waals surface area (Å²) in [6.07, 6.45) is 2.27. The van der Waals surface area contributed by atoms with Crippen molar-refractivity contribution in [2.24, 2.45) is 0 Å². The van der Waals surface area contributed by atoms with Crippen LogP contribution >= 0.6 is 15.9 Å². The average Bonchev–Trinajstić information content (AvgIpc) is 2.04. The fraction of sp³-hybridized carbons (Fsp3) is 0.143. The smallest absolute Gasteiger partial charge is 0.156 e. The number of ether oxygens (including phenoxy) is 1. The Balaban J connectivity index is 3.24. The van der Waals surface area contributed by atoms with Crippen molar-refractivity contribution in [3.05, 3.63) is 22.4 Å². The van der Waals surface area contributed by atoms with Crippen molar-refractivity contribution in [3.63, 3.8) is 0 Å². The Morgan fingerprint density at radius 1 is 1.73 bits per heavy atom. The fourth-order valence-corrected chi connectivity index (χ4v) is 1.12. The van der Waals surface area contributed by atoms with Gasteiger partial charge in [-0.3, -0.25) is 4.79 Å². The van der Waals surface area contributed by atoms with Gasteiger partial charge in [0.25, 0.3) is 0 Å². The number of nitrogens with zero attached hydrogens (tertiary/aromatic N) is 1. The molecule has 4 heteroatoms. The van der Waals surface area contributed by atoms with E-state index in [0.29, 0.717) is 22.2 Å². The van der Waals surface area contributed by atoms with Crippen molar-refractivity contribution in [1.29, 1.82) is 0 Å². The van der Waals surface area contributed by atoms with Crippen LogP contribution in [0.2, 0.25) is 0 Å². The third-order valence-electron chi connectivity index (χ3n) is 1.24. The van der Waals surface area contributed by atoms with E-state index in [-0.39, 0.29) is 0 Å². The molecular weight excluding hydrogens is 210 g/mol. The first-order chi connectivity index (χ1) is 5.29. The molecule has 0 fully saturated rings. The van der Waals surface area contributed by atoms with E-state index in [1.165, 1.54) is 7.11 Å². The molecule has 0 saturated carbocycles. The summed E-state index contributed by atoms with van der Waals surface area (Å²) in [5, 5.41) is 0. The number of carbonyl (C=O) groups is 1. The molecule has 1 aromatic rings. The van der Waals surface area contributed by atoms with Gasteiger partial charge in [-0.2, -0.15) is 0 Å². The van der Waals surface area contributed by atoms with Crippen LogP contribution < -0.4 is 4.74 Å². The second kappa shape index (κ2) is 3.48. The normalized spacial score (nSPS) is 9.27. The summed E-state index contributed by atoms with van der Waals surface area (Å²) in [6, 6.07) is 1.63. The molecule has 0 atom stereocenters. The number of pyridine rings is 1. The maximum atomic E-state index is 10.5. The summed E-state index contributed by atoms with van der Waals surface area (Å²) >= 11 is 3.13. The predicted octanol–water partition coefficient (Wildman–Crippen LogP) is 1.67. The number of rotatable bonds is 2. The third-order valence-corrected chi connectivity index (χ3v) is 1.87. The zero-order valence-corrected chi connectivity index (χ0v) is 7.46. The number of halogens is 1. The van der Waals surface area contributed by atoms with E-state index in [2.05, 4.69) is 20.9 Å². The van der Waals surface area contributed by atoms with E-state index in [9.17, 15) is 4.79 Å². The molecule has 0 aliphatic carbocycles. The minimum Gasteiger partial charge on any atom is -0.496 e. The third kappa shape index (κ3) is 1.57. The quantitative estimate of drug-likeness (QED) is 0.557. The molecule has 1 rings (SSSR count). The van der Waals surface area contributed by atoms with E-state index in [1.807, 2.05) is 0 Å². The topological polar surface area (TPSA) is 39.2 Å². The fourth-order valence-electron chi connectivity index (χ4n) is 0.716. The summed E-state index contributed by atoms with van der Waals surface area (Å²) in [4.78, 5) is 14.3. The van der Waals surface area contributed by atoms with E-state index in [1.54, 1.807) is 12.3 Å². The highest BCUT2D eigenvalue weighted by molar-refractivity contribution is 9.10. The molecule has 0 radical (unpaired) electrons. The lowest BCUT2D eigenvalue weighted by atomic mass is 10.3. The highest BCUT2D eigenvalue weighted by Crippen LogP contribution is 2.21. The Morgan fingerprint density at radius 3 is 2.91 bits per heavy atom. The zero-order valence-electron chi connectivity index (χ0n) is 5.87. The molecule has 0 saturated heterocycles. The van der Waals surface area contributed by atoms with E-state index >= 15 is 0 Å². The molecule has 0 spiro atoms. The summed E-state index contributed by atoms with van der Waals surface area (Å²) in [5.74, 6) is 0.530. The first-order valence-electron chi connectivity index (χ1n) is 2.93. The van der Waals surface area contributed by atoms with Gasteiger partial charge in [0, 0.05) is 6.20 Å². The van der Waals surface area contributed by atoms with Crippen LogP contribution in [-0.4, -0.2) is 18.4 Å². The van der Waals surface area contributed by atoms with Gasteiger partial charge < -0.3 is 4.74 Å². The molecule has 0 unspecified atom stereocenters. The number of methoxy groups -OCH3 is 1. The van der Waals surface area contributed by atoms with Gasteiger partial charge in [0.05, 0.1) is 12.7 Å². The standard InChI is InChI=1S/C7H6BrNO2/c1-11-6-2-3-9-7(8)5(6)4-10/h2-4H,1H3. The molecule has 1 heterocycles. The second-order valence-electron chi connectivity index (χ2n) is 1.84. The Kier molecular flexibility index (Phi) is 2.59. The Labute approximate surface area is 72.5 Å². The first-order valence-corrected chi connectivity index (χ1v) is 3.72. The van der Waals surface area contributed by atoms with Crippen molar-refractivity contribution in [2.45, 2.75) is 0 Å². The molecule has 0 bridgehead atoms. The minimum absolute atomic E-state index is 0.440. The molecule has 0 aliphatic rings. The first kappa shape index (κ1) is 8.20. The Hall–Kier alpha value is -0.900. The van der Waals surface area contributed by atoms with Crippen LogP contribution in [0.25, 0.3) is 0 Å². The lowest BCUT2D eigenvalue weighted by Crippen LogP contribution is -1.92. The lowest BCUT2D eigenvalue weighted by molar-refractivity contribution is 0.111. The highest BCUT2D eigenvalue weighted by atomic mass is 79.9. The van der Waals surface area contributed by atoms with Crippen LogP contribution in [0.3, 0.4) is 0 Å². The summed E-state index contributed by atoms with van der Waals surface area (Å²) in [7, 11) is 1.51.